The van der Waals surface area contributed by atoms with Gasteiger partial charge in [-0.25, -0.2) is 8.42 Å². The summed E-state index contributed by atoms with van der Waals surface area (Å²) in [6.07, 6.45) is 2.16. The quantitative estimate of drug-likeness (QED) is 0.294. The lowest BCUT2D eigenvalue weighted by atomic mass is 10.0. The molecule has 256 valence electrons. The molecule has 47 heavy (non-hydrogen) atoms. The molecule has 4 atom stereocenters. The van der Waals surface area contributed by atoms with Crippen molar-refractivity contribution in [3.8, 4) is 11.5 Å². The molecule has 1 amide bonds. The van der Waals surface area contributed by atoms with Gasteiger partial charge in [-0.15, -0.1) is 0 Å². The van der Waals surface area contributed by atoms with E-state index in [-0.39, 0.29) is 46.8 Å². The Morgan fingerprint density at radius 1 is 1.06 bits per heavy atom. The third-order valence-corrected chi connectivity index (χ3v) is 9.86. The van der Waals surface area contributed by atoms with Crippen LogP contribution in [0.25, 0.3) is 0 Å². The molecule has 0 fully saturated rings. The maximum atomic E-state index is 14.4. The van der Waals surface area contributed by atoms with Crippen LogP contribution in [0.3, 0.4) is 0 Å². The second-order valence-corrected chi connectivity index (χ2v) is 14.2. The van der Waals surface area contributed by atoms with Crippen LogP contribution in [-0.4, -0.2) is 87.9 Å². The highest BCUT2D eigenvalue weighted by Gasteiger charge is 2.30. The molecule has 0 spiro atoms. The molecule has 1 aliphatic heterocycles. The number of carbonyl (C=O) groups excluding carboxylic acids is 1. The Labute approximate surface area is 279 Å². The van der Waals surface area contributed by atoms with E-state index in [9.17, 15) is 18.3 Å². The van der Waals surface area contributed by atoms with Crippen molar-refractivity contribution in [2.24, 2.45) is 5.92 Å². The number of nitrogens with one attached hydrogen (secondary N) is 1. The van der Waals surface area contributed by atoms with Gasteiger partial charge in [0.25, 0.3) is 15.9 Å². The van der Waals surface area contributed by atoms with Crippen molar-refractivity contribution >= 4 is 21.6 Å². The number of hydrogen-bond donors (Lipinski definition) is 2. The SMILES string of the molecule is COc1ccc(S(=O)(=O)Nc2ccc3c(c2)C(=O)N([C@@H](C)CO)C[C@@H](C)[C@@H](CN(C)Cc2ccccc2)OCCCC[C@H](C)O3)cc1. The summed E-state index contributed by atoms with van der Waals surface area (Å²) in [7, 11) is -0.382. The summed E-state index contributed by atoms with van der Waals surface area (Å²) in [4.78, 5) is 18.3. The zero-order valence-electron chi connectivity index (χ0n) is 28.1. The molecular formula is C36H49N3O7S. The van der Waals surface area contributed by atoms with Gasteiger partial charge >= 0.3 is 0 Å². The number of carbonyl (C=O) groups is 1. The van der Waals surface area contributed by atoms with Crippen molar-refractivity contribution in [1.29, 1.82) is 0 Å². The van der Waals surface area contributed by atoms with Crippen LogP contribution in [0.15, 0.2) is 77.7 Å². The Morgan fingerprint density at radius 3 is 2.47 bits per heavy atom. The van der Waals surface area contributed by atoms with Crippen molar-refractivity contribution in [3.05, 3.63) is 83.9 Å². The number of hydrogen-bond acceptors (Lipinski definition) is 8. The van der Waals surface area contributed by atoms with Gasteiger partial charge in [0.05, 0.1) is 42.4 Å². The minimum atomic E-state index is -3.96. The molecule has 0 aromatic heterocycles. The summed E-state index contributed by atoms with van der Waals surface area (Å²) >= 11 is 0. The Bertz CT molecular complexity index is 1540. The Hall–Kier alpha value is -3.64. The fourth-order valence-corrected chi connectivity index (χ4v) is 6.73. The Balaban J connectivity index is 1.64. The van der Waals surface area contributed by atoms with Gasteiger partial charge in [0.2, 0.25) is 0 Å². The third-order valence-electron chi connectivity index (χ3n) is 8.46. The normalized spacial score (nSPS) is 20.5. The molecule has 4 rings (SSSR count). The number of benzene rings is 3. The standard InChI is InChI=1S/C36H49N3O7S/c1-26-22-39(27(2)25-40)36(41)33-21-30(37-47(42,43)32-17-15-31(44-5)16-18-32)14-19-34(33)46-28(3)11-9-10-20-45-35(26)24-38(4)23-29-12-7-6-8-13-29/h6-8,12-19,21,26-28,35,37,40H,9-11,20,22-25H2,1-5H3/t26-,27+,28+,35-/m1/s1. The van der Waals surface area contributed by atoms with E-state index in [2.05, 4.69) is 35.7 Å². The number of sulfonamides is 1. The lowest BCUT2D eigenvalue weighted by molar-refractivity contribution is -0.0177. The van der Waals surface area contributed by atoms with Crippen molar-refractivity contribution in [3.63, 3.8) is 0 Å². The molecule has 3 aromatic carbocycles. The first-order chi connectivity index (χ1) is 22.5. The molecule has 11 heteroatoms. The lowest BCUT2D eigenvalue weighted by Gasteiger charge is -2.36. The van der Waals surface area contributed by atoms with E-state index in [0.29, 0.717) is 31.2 Å². The van der Waals surface area contributed by atoms with Crippen LogP contribution in [0.2, 0.25) is 0 Å². The Morgan fingerprint density at radius 2 is 1.79 bits per heavy atom. The average Bonchev–Trinajstić information content (AvgIpc) is 3.06. The summed E-state index contributed by atoms with van der Waals surface area (Å²) in [6, 6.07) is 20.6. The first-order valence-electron chi connectivity index (χ1n) is 16.2. The molecule has 1 heterocycles. The number of likely N-dealkylation sites (N-methyl/N-ethyl adjacent to an activating group) is 1. The number of anilines is 1. The van der Waals surface area contributed by atoms with Crippen LogP contribution in [0.5, 0.6) is 11.5 Å². The smallest absolute Gasteiger partial charge is 0.261 e. The molecule has 10 nitrogen and oxygen atoms in total. The van der Waals surface area contributed by atoms with E-state index >= 15 is 0 Å². The second kappa shape index (κ2) is 17.0. The number of aliphatic hydroxyl groups is 1. The molecule has 0 bridgehead atoms. The Kier molecular flexibility index (Phi) is 13.1. The second-order valence-electron chi connectivity index (χ2n) is 12.5. The van der Waals surface area contributed by atoms with Gasteiger partial charge in [-0.2, -0.15) is 0 Å². The predicted molar refractivity (Wildman–Crippen MR) is 183 cm³/mol. The van der Waals surface area contributed by atoms with Crippen molar-refractivity contribution < 1.29 is 32.5 Å². The minimum absolute atomic E-state index is 0.0576. The van der Waals surface area contributed by atoms with Crippen LogP contribution in [0.1, 0.15) is 56.0 Å². The van der Waals surface area contributed by atoms with E-state index in [1.165, 1.54) is 30.9 Å². The number of ether oxygens (including phenoxy) is 3. The number of nitrogens with zero attached hydrogens (tertiary/aromatic N) is 2. The summed E-state index contributed by atoms with van der Waals surface area (Å²) < 4.78 is 47.0. The van der Waals surface area contributed by atoms with Gasteiger partial charge in [0, 0.05) is 37.8 Å². The number of fused-ring (bicyclic) bond motifs is 1. The van der Waals surface area contributed by atoms with E-state index < -0.39 is 16.1 Å². The zero-order valence-corrected chi connectivity index (χ0v) is 28.9. The fourth-order valence-electron chi connectivity index (χ4n) is 5.68. The lowest BCUT2D eigenvalue weighted by Crippen LogP contribution is -2.47. The highest BCUT2D eigenvalue weighted by Crippen LogP contribution is 2.30. The first kappa shape index (κ1) is 36.2. The summed E-state index contributed by atoms with van der Waals surface area (Å²) in [5.41, 5.74) is 1.65. The summed E-state index contributed by atoms with van der Waals surface area (Å²) in [6.45, 7) is 7.92. The number of amides is 1. The maximum Gasteiger partial charge on any atom is 0.261 e. The average molecular weight is 668 g/mol. The highest BCUT2D eigenvalue weighted by atomic mass is 32.2. The molecule has 0 radical (unpaired) electrons. The molecule has 0 unspecified atom stereocenters. The van der Waals surface area contributed by atoms with Gasteiger partial charge < -0.3 is 24.2 Å². The van der Waals surface area contributed by atoms with Crippen molar-refractivity contribution in [2.75, 3.05) is 45.2 Å². The number of methoxy groups -OCH3 is 1. The molecule has 0 aliphatic carbocycles. The monoisotopic (exact) mass is 667 g/mol. The topological polar surface area (TPSA) is 118 Å². The maximum absolute atomic E-state index is 14.4. The molecule has 0 saturated heterocycles. The number of rotatable bonds is 10. The zero-order chi connectivity index (χ0) is 34.0. The fraction of sp³-hybridized carbons (Fsp3) is 0.472. The van der Waals surface area contributed by atoms with Crippen LogP contribution in [0.4, 0.5) is 5.69 Å². The van der Waals surface area contributed by atoms with Crippen LogP contribution in [-0.2, 0) is 21.3 Å². The molecular weight excluding hydrogens is 618 g/mol. The van der Waals surface area contributed by atoms with Gasteiger partial charge in [0.15, 0.2) is 0 Å². The molecule has 0 saturated carbocycles. The van der Waals surface area contributed by atoms with E-state index in [4.69, 9.17) is 14.2 Å². The minimum Gasteiger partial charge on any atom is -0.497 e. The van der Waals surface area contributed by atoms with Gasteiger partial charge in [-0.1, -0.05) is 37.3 Å². The first-order valence-corrected chi connectivity index (χ1v) is 17.7. The van der Waals surface area contributed by atoms with Gasteiger partial charge in [-0.05, 0) is 88.2 Å². The van der Waals surface area contributed by atoms with Crippen molar-refractivity contribution in [1.82, 2.24) is 9.80 Å². The van der Waals surface area contributed by atoms with Gasteiger partial charge in [0.1, 0.15) is 11.5 Å². The number of aliphatic hydroxyl groups excluding tert-OH is 1. The largest absolute Gasteiger partial charge is 0.497 e. The van der Waals surface area contributed by atoms with Gasteiger partial charge in [-0.3, -0.25) is 14.4 Å². The summed E-state index contributed by atoms with van der Waals surface area (Å²) in [5, 5.41) is 10.2. The molecule has 2 N–H and O–H groups in total. The predicted octanol–water partition coefficient (Wildman–Crippen LogP) is 5.42. The van der Waals surface area contributed by atoms with Crippen LogP contribution >= 0.6 is 0 Å². The van der Waals surface area contributed by atoms with E-state index in [1.807, 2.05) is 25.1 Å². The third kappa shape index (κ3) is 10.2. The van der Waals surface area contributed by atoms with Crippen LogP contribution in [0, 0.1) is 5.92 Å². The highest BCUT2D eigenvalue weighted by molar-refractivity contribution is 7.92. The van der Waals surface area contributed by atoms with E-state index in [0.717, 1.165) is 25.8 Å². The molecule has 3 aromatic rings. The van der Waals surface area contributed by atoms with E-state index in [1.54, 1.807) is 36.1 Å². The van der Waals surface area contributed by atoms with Crippen LogP contribution < -0.4 is 14.2 Å². The molecule has 1 aliphatic rings. The summed E-state index contributed by atoms with van der Waals surface area (Å²) in [5.74, 6) is 0.466. The van der Waals surface area contributed by atoms with Crippen molar-refractivity contribution in [2.45, 2.75) is 69.7 Å².